The summed E-state index contributed by atoms with van der Waals surface area (Å²) in [7, 11) is 3.93. The molecule has 1 aromatic carbocycles. The number of benzene rings is 1. The summed E-state index contributed by atoms with van der Waals surface area (Å²) in [6.07, 6.45) is 1.43. The van der Waals surface area contributed by atoms with Gasteiger partial charge in [0.15, 0.2) is 0 Å². The van der Waals surface area contributed by atoms with Crippen LogP contribution in [0.1, 0.15) is 24.6 Å². The highest BCUT2D eigenvalue weighted by molar-refractivity contribution is 7.19. The third-order valence-corrected chi connectivity index (χ3v) is 7.35. The van der Waals surface area contributed by atoms with Crippen LogP contribution in [0, 0.1) is 0 Å². The molecular weight excluding hydrogens is 384 g/mol. The number of imide groups is 1. The molecule has 1 aromatic heterocycles. The highest BCUT2D eigenvalue weighted by atomic mass is 32.1. The van der Waals surface area contributed by atoms with E-state index in [0.717, 1.165) is 32.5 Å². The molecule has 6 nitrogen and oxygen atoms in total. The van der Waals surface area contributed by atoms with Crippen LogP contribution in [0.4, 0.5) is 4.79 Å². The van der Waals surface area contributed by atoms with Crippen LogP contribution in [-0.4, -0.2) is 83.9 Å². The molecule has 3 amide bonds. The lowest BCUT2D eigenvalue weighted by atomic mass is 9.85. The van der Waals surface area contributed by atoms with Crippen molar-refractivity contribution in [2.45, 2.75) is 31.8 Å². The molecule has 0 N–H and O–H groups in total. The second-order valence-electron chi connectivity index (χ2n) is 8.35. The van der Waals surface area contributed by atoms with Crippen molar-refractivity contribution in [3.05, 3.63) is 35.2 Å². The Morgan fingerprint density at radius 2 is 1.86 bits per heavy atom. The minimum atomic E-state index is -0.644. The van der Waals surface area contributed by atoms with Gasteiger partial charge < -0.3 is 9.80 Å². The van der Waals surface area contributed by atoms with Gasteiger partial charge in [-0.1, -0.05) is 18.2 Å². The highest BCUT2D eigenvalue weighted by Crippen LogP contribution is 2.38. The number of thiophene rings is 1. The predicted octanol–water partition coefficient (Wildman–Crippen LogP) is 3.08. The summed E-state index contributed by atoms with van der Waals surface area (Å²) in [6, 6.07) is 10.6. The fourth-order valence-corrected chi connectivity index (χ4v) is 5.72. The van der Waals surface area contributed by atoms with Gasteiger partial charge in [0.25, 0.3) is 5.91 Å². The Balaban J connectivity index is 1.45. The smallest absolute Gasteiger partial charge is 0.310 e. The van der Waals surface area contributed by atoms with Gasteiger partial charge in [-0.2, -0.15) is 0 Å². The number of piperidine rings is 1. The first-order valence-electron chi connectivity index (χ1n) is 10.4. The lowest BCUT2D eigenvalue weighted by molar-refractivity contribution is -0.135. The Bertz CT molecular complexity index is 868. The van der Waals surface area contributed by atoms with Gasteiger partial charge in [-0.15, -0.1) is 11.3 Å². The molecule has 0 bridgehead atoms. The molecule has 0 atom stereocenters. The molecule has 1 spiro atoms. The Morgan fingerprint density at radius 1 is 1.14 bits per heavy atom. The number of fused-ring (bicyclic) bond motifs is 1. The summed E-state index contributed by atoms with van der Waals surface area (Å²) < 4.78 is 1.32. The maximum atomic E-state index is 13.3. The Morgan fingerprint density at radius 3 is 2.52 bits per heavy atom. The van der Waals surface area contributed by atoms with Crippen molar-refractivity contribution in [2.24, 2.45) is 0 Å². The second kappa shape index (κ2) is 8.05. The number of urea groups is 1. The van der Waals surface area contributed by atoms with Gasteiger partial charge in [0.1, 0.15) is 5.54 Å². The zero-order valence-corrected chi connectivity index (χ0v) is 18.4. The zero-order chi connectivity index (χ0) is 20.6. The van der Waals surface area contributed by atoms with Crippen molar-refractivity contribution in [3.63, 3.8) is 0 Å². The van der Waals surface area contributed by atoms with Gasteiger partial charge in [-0.25, -0.2) is 4.79 Å². The van der Waals surface area contributed by atoms with E-state index in [4.69, 9.17) is 0 Å². The van der Waals surface area contributed by atoms with E-state index in [1.165, 1.54) is 19.9 Å². The van der Waals surface area contributed by atoms with E-state index < -0.39 is 5.54 Å². The largest absolute Gasteiger partial charge is 0.327 e. The average Bonchev–Trinajstić information content (AvgIpc) is 3.19. The summed E-state index contributed by atoms with van der Waals surface area (Å²) in [5.41, 5.74) is -0.644. The van der Waals surface area contributed by atoms with E-state index in [1.807, 2.05) is 42.2 Å². The Kier molecular flexibility index (Phi) is 5.64. The number of hydrogen-bond donors (Lipinski definition) is 0. The van der Waals surface area contributed by atoms with E-state index in [9.17, 15) is 9.59 Å². The number of rotatable bonds is 6. The molecule has 2 aliphatic rings. The summed E-state index contributed by atoms with van der Waals surface area (Å²) >= 11 is 1.84. The van der Waals surface area contributed by atoms with E-state index in [0.29, 0.717) is 19.6 Å². The van der Waals surface area contributed by atoms with Gasteiger partial charge in [0.05, 0.1) is 0 Å². The molecule has 2 saturated heterocycles. The summed E-state index contributed by atoms with van der Waals surface area (Å²) in [6.45, 7) is 6.31. The summed E-state index contributed by atoms with van der Waals surface area (Å²) in [5.74, 6) is 0.00714. The van der Waals surface area contributed by atoms with Crippen molar-refractivity contribution in [3.8, 4) is 0 Å². The molecular formula is C22H30N4O2S. The first-order chi connectivity index (χ1) is 13.9. The van der Waals surface area contributed by atoms with Crippen LogP contribution in [-0.2, 0) is 11.3 Å². The van der Waals surface area contributed by atoms with Gasteiger partial charge in [0.2, 0.25) is 0 Å². The molecule has 156 valence electrons. The number of likely N-dealkylation sites (tertiary alicyclic amines) is 1. The first-order valence-corrected chi connectivity index (χ1v) is 11.2. The lowest BCUT2D eigenvalue weighted by Gasteiger charge is -2.41. The van der Waals surface area contributed by atoms with Crippen LogP contribution in [0.2, 0.25) is 0 Å². The Labute approximate surface area is 176 Å². The SMILES string of the molecule is CCN1C(=O)N(CCN(C)C)C(=O)C12CCN(Cc1cc3ccccc3s1)CC2. The van der Waals surface area contributed by atoms with Gasteiger partial charge in [-0.3, -0.25) is 14.6 Å². The molecule has 3 heterocycles. The van der Waals surface area contributed by atoms with Crippen LogP contribution in [0.15, 0.2) is 30.3 Å². The number of carbonyl (C=O) groups excluding carboxylic acids is 2. The van der Waals surface area contributed by atoms with Crippen LogP contribution in [0.5, 0.6) is 0 Å². The molecule has 0 unspecified atom stereocenters. The van der Waals surface area contributed by atoms with Crippen LogP contribution < -0.4 is 0 Å². The topological polar surface area (TPSA) is 47.1 Å². The first kappa shape index (κ1) is 20.3. The number of carbonyl (C=O) groups is 2. The van der Waals surface area contributed by atoms with Gasteiger partial charge in [0, 0.05) is 48.8 Å². The maximum absolute atomic E-state index is 13.3. The van der Waals surface area contributed by atoms with E-state index in [-0.39, 0.29) is 11.9 Å². The van der Waals surface area contributed by atoms with Gasteiger partial charge in [-0.05, 0) is 51.4 Å². The highest BCUT2D eigenvalue weighted by Gasteiger charge is 2.57. The monoisotopic (exact) mass is 414 g/mol. The zero-order valence-electron chi connectivity index (χ0n) is 17.6. The lowest BCUT2D eigenvalue weighted by Crippen LogP contribution is -2.56. The molecule has 4 rings (SSSR count). The third-order valence-electron chi connectivity index (χ3n) is 6.25. The quantitative estimate of drug-likeness (QED) is 0.682. The minimum Gasteiger partial charge on any atom is -0.310 e. The summed E-state index contributed by atoms with van der Waals surface area (Å²) in [4.78, 5) is 35.3. The fraction of sp³-hybridized carbons (Fsp3) is 0.545. The van der Waals surface area contributed by atoms with Crippen molar-refractivity contribution in [1.82, 2.24) is 19.6 Å². The minimum absolute atomic E-state index is 0.00714. The van der Waals surface area contributed by atoms with Gasteiger partial charge >= 0.3 is 6.03 Å². The number of amides is 3. The van der Waals surface area contributed by atoms with Crippen molar-refractivity contribution >= 4 is 33.4 Å². The van der Waals surface area contributed by atoms with Crippen molar-refractivity contribution in [1.29, 1.82) is 0 Å². The third kappa shape index (κ3) is 3.67. The fourth-order valence-electron chi connectivity index (χ4n) is 4.62. The average molecular weight is 415 g/mol. The molecule has 2 aliphatic heterocycles. The van der Waals surface area contributed by atoms with E-state index in [1.54, 1.807) is 0 Å². The number of nitrogens with zero attached hydrogens (tertiary/aromatic N) is 4. The molecule has 2 fully saturated rings. The predicted molar refractivity (Wildman–Crippen MR) is 117 cm³/mol. The van der Waals surface area contributed by atoms with Crippen molar-refractivity contribution < 1.29 is 9.59 Å². The molecule has 29 heavy (non-hydrogen) atoms. The molecule has 0 saturated carbocycles. The van der Waals surface area contributed by atoms with Crippen molar-refractivity contribution in [2.75, 3.05) is 46.8 Å². The number of likely N-dealkylation sites (N-methyl/N-ethyl adjacent to an activating group) is 2. The summed E-state index contributed by atoms with van der Waals surface area (Å²) in [5, 5.41) is 1.30. The van der Waals surface area contributed by atoms with Crippen LogP contribution in [0.25, 0.3) is 10.1 Å². The van der Waals surface area contributed by atoms with E-state index >= 15 is 0 Å². The second-order valence-corrected chi connectivity index (χ2v) is 9.51. The molecule has 2 aromatic rings. The molecule has 7 heteroatoms. The Hall–Kier alpha value is -1.96. The molecule has 0 aliphatic carbocycles. The normalized spacial score (nSPS) is 20.0. The van der Waals surface area contributed by atoms with Crippen LogP contribution >= 0.6 is 11.3 Å². The standard InChI is InChI=1S/C22H30N4O2S/c1-4-26-21(28)25(14-13-23(2)3)20(27)22(26)9-11-24(12-10-22)16-18-15-17-7-5-6-8-19(17)29-18/h5-8,15H,4,9-14,16H2,1-3H3. The number of hydrogen-bond acceptors (Lipinski definition) is 5. The maximum Gasteiger partial charge on any atom is 0.327 e. The van der Waals surface area contributed by atoms with E-state index in [2.05, 4.69) is 35.2 Å². The molecule has 0 radical (unpaired) electrons. The van der Waals surface area contributed by atoms with Crippen LogP contribution in [0.3, 0.4) is 0 Å².